The topological polar surface area (TPSA) is 33.1 Å². The SMILES string of the molecule is C=C(C=N)COC. The van der Waals surface area contributed by atoms with Crippen LogP contribution in [-0.4, -0.2) is 19.9 Å². The molecule has 0 aliphatic carbocycles. The molecule has 0 aliphatic rings. The molecule has 7 heavy (non-hydrogen) atoms. The van der Waals surface area contributed by atoms with Crippen LogP contribution in [0.4, 0.5) is 0 Å². The minimum absolute atomic E-state index is 0.462. The zero-order valence-electron chi connectivity index (χ0n) is 4.40. The fraction of sp³-hybridized carbons (Fsp3) is 0.400. The highest BCUT2D eigenvalue weighted by atomic mass is 16.5. The first-order chi connectivity index (χ1) is 3.31. The number of nitrogens with one attached hydrogen (secondary N) is 1. The molecule has 0 aromatic rings. The summed E-state index contributed by atoms with van der Waals surface area (Å²) in [7, 11) is 1.58. The molecule has 0 fully saturated rings. The predicted molar refractivity (Wildman–Crippen MR) is 29.8 cm³/mol. The van der Waals surface area contributed by atoms with Gasteiger partial charge in [0, 0.05) is 13.3 Å². The molecular formula is C5H9NO. The Balaban J connectivity index is 3.17. The third kappa shape index (κ3) is 3.19. The van der Waals surface area contributed by atoms with Gasteiger partial charge in [0.2, 0.25) is 0 Å². The van der Waals surface area contributed by atoms with Gasteiger partial charge in [-0.1, -0.05) is 6.58 Å². The lowest BCUT2D eigenvalue weighted by atomic mass is 10.4. The van der Waals surface area contributed by atoms with Crippen LogP contribution in [0.5, 0.6) is 0 Å². The van der Waals surface area contributed by atoms with Gasteiger partial charge in [-0.3, -0.25) is 0 Å². The number of hydrogen-bond donors (Lipinski definition) is 1. The van der Waals surface area contributed by atoms with Gasteiger partial charge in [0.05, 0.1) is 6.61 Å². The highest BCUT2D eigenvalue weighted by Gasteiger charge is 1.80. The second kappa shape index (κ2) is 3.56. The van der Waals surface area contributed by atoms with E-state index >= 15 is 0 Å². The van der Waals surface area contributed by atoms with E-state index in [2.05, 4.69) is 11.3 Å². The molecule has 0 aromatic carbocycles. The molecule has 0 heterocycles. The quantitative estimate of drug-likeness (QED) is 0.522. The minimum Gasteiger partial charge on any atom is -0.380 e. The largest absolute Gasteiger partial charge is 0.380 e. The van der Waals surface area contributed by atoms with Gasteiger partial charge < -0.3 is 10.1 Å². The van der Waals surface area contributed by atoms with E-state index in [0.29, 0.717) is 12.2 Å². The van der Waals surface area contributed by atoms with E-state index in [1.807, 2.05) is 0 Å². The summed E-state index contributed by atoms with van der Waals surface area (Å²) in [5, 5.41) is 6.61. The van der Waals surface area contributed by atoms with Crippen molar-refractivity contribution in [2.24, 2.45) is 0 Å². The van der Waals surface area contributed by atoms with Gasteiger partial charge in [0.1, 0.15) is 0 Å². The molecule has 2 nitrogen and oxygen atoms in total. The third-order valence-corrected chi connectivity index (χ3v) is 0.534. The maximum absolute atomic E-state index is 6.61. The molecule has 0 rings (SSSR count). The highest BCUT2D eigenvalue weighted by Crippen LogP contribution is 1.80. The molecule has 0 atom stereocenters. The van der Waals surface area contributed by atoms with Crippen molar-refractivity contribution in [2.75, 3.05) is 13.7 Å². The monoisotopic (exact) mass is 99.1 g/mol. The lowest BCUT2D eigenvalue weighted by Crippen LogP contribution is -1.91. The molecule has 0 unspecified atom stereocenters. The smallest absolute Gasteiger partial charge is 0.0721 e. The molecular weight excluding hydrogens is 90.1 g/mol. The molecule has 0 radical (unpaired) electrons. The molecule has 0 saturated heterocycles. The van der Waals surface area contributed by atoms with Crippen molar-refractivity contribution in [1.29, 1.82) is 5.41 Å². The van der Waals surface area contributed by atoms with Crippen molar-refractivity contribution in [3.63, 3.8) is 0 Å². The summed E-state index contributed by atoms with van der Waals surface area (Å²) in [5.74, 6) is 0. The van der Waals surface area contributed by atoms with Gasteiger partial charge >= 0.3 is 0 Å². The summed E-state index contributed by atoms with van der Waals surface area (Å²) >= 11 is 0. The van der Waals surface area contributed by atoms with Crippen LogP contribution < -0.4 is 0 Å². The normalized spacial score (nSPS) is 8.14. The van der Waals surface area contributed by atoms with Crippen LogP contribution in [0, 0.1) is 5.41 Å². The van der Waals surface area contributed by atoms with Gasteiger partial charge in [-0.05, 0) is 5.57 Å². The van der Waals surface area contributed by atoms with Crippen molar-refractivity contribution in [3.8, 4) is 0 Å². The van der Waals surface area contributed by atoms with Gasteiger partial charge in [0.15, 0.2) is 0 Å². The summed E-state index contributed by atoms with van der Waals surface area (Å²) in [5.41, 5.74) is 0.697. The first-order valence-electron chi connectivity index (χ1n) is 1.98. The van der Waals surface area contributed by atoms with Crippen LogP contribution in [0.1, 0.15) is 0 Å². The predicted octanol–water partition coefficient (Wildman–Crippen LogP) is 0.839. The van der Waals surface area contributed by atoms with Crippen LogP contribution in [0.2, 0.25) is 0 Å². The number of methoxy groups -OCH3 is 1. The van der Waals surface area contributed by atoms with Gasteiger partial charge in [-0.25, -0.2) is 0 Å². The highest BCUT2D eigenvalue weighted by molar-refractivity contribution is 5.74. The van der Waals surface area contributed by atoms with Gasteiger partial charge in [0.25, 0.3) is 0 Å². The number of hydrogen-bond acceptors (Lipinski definition) is 2. The summed E-state index contributed by atoms with van der Waals surface area (Å²) in [4.78, 5) is 0. The Morgan fingerprint density at radius 3 is 2.71 bits per heavy atom. The van der Waals surface area contributed by atoms with Gasteiger partial charge in [-0.15, -0.1) is 0 Å². The Kier molecular flexibility index (Phi) is 3.24. The fourth-order valence-corrected chi connectivity index (χ4v) is 0.227. The standard InChI is InChI=1S/C5H9NO/c1-5(3-6)4-7-2/h3,6H,1,4H2,2H3. The minimum atomic E-state index is 0.462. The second-order valence-electron chi connectivity index (χ2n) is 1.24. The molecule has 0 amide bonds. The molecule has 0 aromatic heterocycles. The van der Waals surface area contributed by atoms with E-state index in [4.69, 9.17) is 5.41 Å². The molecule has 0 aliphatic heterocycles. The molecule has 1 N–H and O–H groups in total. The lowest BCUT2D eigenvalue weighted by molar-refractivity contribution is 0.230. The van der Waals surface area contributed by atoms with E-state index < -0.39 is 0 Å². The zero-order chi connectivity index (χ0) is 5.70. The number of rotatable bonds is 3. The van der Waals surface area contributed by atoms with Crippen LogP contribution in [0.25, 0.3) is 0 Å². The van der Waals surface area contributed by atoms with Crippen molar-refractivity contribution in [2.45, 2.75) is 0 Å². The first kappa shape index (κ1) is 6.37. The van der Waals surface area contributed by atoms with Crippen LogP contribution >= 0.6 is 0 Å². The fourth-order valence-electron chi connectivity index (χ4n) is 0.227. The van der Waals surface area contributed by atoms with E-state index in [-0.39, 0.29) is 0 Å². The Hall–Kier alpha value is -0.630. The lowest BCUT2D eigenvalue weighted by Gasteiger charge is -1.91. The molecule has 0 spiro atoms. The van der Waals surface area contributed by atoms with E-state index in [9.17, 15) is 0 Å². The average Bonchev–Trinajstić information content (AvgIpc) is 1.68. The molecule has 0 bridgehead atoms. The second-order valence-corrected chi connectivity index (χ2v) is 1.24. The van der Waals surface area contributed by atoms with Gasteiger partial charge in [-0.2, -0.15) is 0 Å². The Labute approximate surface area is 43.3 Å². The number of ether oxygens (including phenoxy) is 1. The summed E-state index contributed by atoms with van der Waals surface area (Å²) in [6.45, 7) is 3.96. The Morgan fingerprint density at radius 1 is 2.00 bits per heavy atom. The average molecular weight is 99.1 g/mol. The summed E-state index contributed by atoms with van der Waals surface area (Å²) in [6, 6.07) is 0. The molecule has 40 valence electrons. The maximum Gasteiger partial charge on any atom is 0.0721 e. The van der Waals surface area contributed by atoms with Crippen LogP contribution in [-0.2, 0) is 4.74 Å². The van der Waals surface area contributed by atoms with Crippen molar-refractivity contribution < 1.29 is 4.74 Å². The Morgan fingerprint density at radius 2 is 2.57 bits per heavy atom. The zero-order valence-corrected chi connectivity index (χ0v) is 4.40. The van der Waals surface area contributed by atoms with E-state index in [1.54, 1.807) is 7.11 Å². The van der Waals surface area contributed by atoms with E-state index in [1.165, 1.54) is 6.21 Å². The van der Waals surface area contributed by atoms with Crippen molar-refractivity contribution in [3.05, 3.63) is 12.2 Å². The molecule has 2 heteroatoms. The van der Waals surface area contributed by atoms with E-state index in [0.717, 1.165) is 0 Å². The Bertz CT molecular complexity index is 78.1. The first-order valence-corrected chi connectivity index (χ1v) is 1.98. The van der Waals surface area contributed by atoms with Crippen LogP contribution in [0.3, 0.4) is 0 Å². The molecule has 0 saturated carbocycles. The van der Waals surface area contributed by atoms with Crippen molar-refractivity contribution in [1.82, 2.24) is 0 Å². The van der Waals surface area contributed by atoms with Crippen LogP contribution in [0.15, 0.2) is 12.2 Å². The summed E-state index contributed by atoms with van der Waals surface area (Å²) < 4.78 is 4.64. The third-order valence-electron chi connectivity index (χ3n) is 0.534. The summed E-state index contributed by atoms with van der Waals surface area (Å²) in [6.07, 6.45) is 1.18. The van der Waals surface area contributed by atoms with Crippen molar-refractivity contribution >= 4 is 6.21 Å². The maximum atomic E-state index is 6.61.